The third-order valence-corrected chi connectivity index (χ3v) is 2.58. The van der Waals surface area contributed by atoms with Crippen molar-refractivity contribution in [3.63, 3.8) is 0 Å². The third kappa shape index (κ3) is 3.15. The molecule has 12 heavy (non-hydrogen) atoms. The van der Waals surface area contributed by atoms with Crippen molar-refractivity contribution < 1.29 is 13.2 Å². The fraction of sp³-hybridized carbons (Fsp3) is 0.571. The van der Waals surface area contributed by atoms with Crippen LogP contribution in [0.4, 0.5) is 0 Å². The normalized spacial score (nSPS) is 24.4. The molecule has 0 radical (unpaired) electrons. The molecule has 0 amide bonds. The second-order valence-corrected chi connectivity index (χ2v) is 4.62. The van der Waals surface area contributed by atoms with Crippen LogP contribution in [0.25, 0.3) is 0 Å². The molecular weight excluding hydrogens is 178 g/mol. The van der Waals surface area contributed by atoms with Gasteiger partial charge in [-0.2, -0.15) is 0 Å². The highest BCUT2D eigenvalue weighted by atomic mass is 32.2. The van der Waals surface area contributed by atoms with E-state index in [1.54, 1.807) is 12.2 Å². The van der Waals surface area contributed by atoms with Gasteiger partial charge >= 0.3 is 0 Å². The highest BCUT2D eigenvalue weighted by Gasteiger charge is 2.18. The lowest BCUT2D eigenvalue weighted by Crippen LogP contribution is -2.24. The Kier molecular flexibility index (Phi) is 2.64. The first-order valence-corrected chi connectivity index (χ1v) is 5.38. The molecule has 1 unspecified atom stereocenters. The maximum Gasteiger partial charge on any atom is 0.209 e. The molecule has 0 saturated heterocycles. The lowest BCUT2D eigenvalue weighted by Gasteiger charge is -2.13. The number of hydrogen-bond donors (Lipinski definition) is 1. The van der Waals surface area contributed by atoms with E-state index in [0.717, 1.165) is 0 Å². The number of primary sulfonamides is 1. The largest absolute Gasteiger partial charge is 0.299 e. The van der Waals surface area contributed by atoms with Crippen LogP contribution >= 0.6 is 0 Å². The molecule has 68 valence electrons. The Balaban J connectivity index is 2.60. The van der Waals surface area contributed by atoms with Crippen LogP contribution in [0.5, 0.6) is 0 Å². The standard InChI is InChI=1S/C7H11NO3S/c8-12(10,11)5-6-2-1-3-7(9)4-6/h1-2,6H,3-5H2,(H2,8,10,11). The van der Waals surface area contributed by atoms with E-state index in [0.29, 0.717) is 12.8 Å². The molecule has 0 aliphatic heterocycles. The first kappa shape index (κ1) is 9.41. The van der Waals surface area contributed by atoms with Crippen LogP contribution in [0, 0.1) is 5.92 Å². The van der Waals surface area contributed by atoms with Gasteiger partial charge in [0.15, 0.2) is 0 Å². The predicted molar refractivity (Wildman–Crippen MR) is 44.8 cm³/mol. The number of carbonyl (C=O) groups is 1. The number of carbonyl (C=O) groups excluding carboxylic acids is 1. The smallest absolute Gasteiger partial charge is 0.209 e. The lowest BCUT2D eigenvalue weighted by molar-refractivity contribution is -0.119. The first-order valence-electron chi connectivity index (χ1n) is 3.66. The topological polar surface area (TPSA) is 77.2 Å². The summed E-state index contributed by atoms with van der Waals surface area (Å²) < 4.78 is 21.3. The van der Waals surface area contributed by atoms with Crippen LogP contribution in [0.15, 0.2) is 12.2 Å². The van der Waals surface area contributed by atoms with Gasteiger partial charge in [-0.3, -0.25) is 4.79 Å². The van der Waals surface area contributed by atoms with Crippen molar-refractivity contribution in [1.82, 2.24) is 0 Å². The van der Waals surface area contributed by atoms with Gasteiger partial charge in [-0.05, 0) is 5.92 Å². The Bertz CT molecular complexity index is 305. The van der Waals surface area contributed by atoms with E-state index in [9.17, 15) is 13.2 Å². The minimum atomic E-state index is -3.45. The number of nitrogens with two attached hydrogens (primary N) is 1. The van der Waals surface area contributed by atoms with E-state index in [-0.39, 0.29) is 17.5 Å². The highest BCUT2D eigenvalue weighted by molar-refractivity contribution is 7.89. The number of hydrogen-bond acceptors (Lipinski definition) is 3. The van der Waals surface area contributed by atoms with Gasteiger partial charge in [0.25, 0.3) is 0 Å². The second-order valence-electron chi connectivity index (χ2n) is 2.96. The van der Waals surface area contributed by atoms with Gasteiger partial charge in [0.2, 0.25) is 10.0 Å². The molecule has 1 rings (SSSR count). The van der Waals surface area contributed by atoms with Gasteiger partial charge in [0, 0.05) is 12.8 Å². The Morgan fingerprint density at radius 2 is 2.25 bits per heavy atom. The average Bonchev–Trinajstić information content (AvgIpc) is 1.82. The third-order valence-electron chi connectivity index (χ3n) is 1.69. The molecule has 0 aromatic rings. The zero-order valence-corrected chi connectivity index (χ0v) is 7.38. The number of Topliss-reactive ketones (excluding diaryl/α,β-unsaturated/α-hetero) is 1. The maximum absolute atomic E-state index is 10.9. The minimum Gasteiger partial charge on any atom is -0.299 e. The summed E-state index contributed by atoms with van der Waals surface area (Å²) in [5.41, 5.74) is 0. The van der Waals surface area contributed by atoms with Gasteiger partial charge in [-0.25, -0.2) is 13.6 Å². The number of sulfonamides is 1. The minimum absolute atomic E-state index is 0.0751. The second kappa shape index (κ2) is 3.37. The lowest BCUT2D eigenvalue weighted by atomic mass is 9.97. The molecule has 0 aromatic carbocycles. The molecule has 0 heterocycles. The van der Waals surface area contributed by atoms with Crippen LogP contribution in [-0.2, 0) is 14.8 Å². The van der Waals surface area contributed by atoms with E-state index < -0.39 is 10.0 Å². The summed E-state index contributed by atoms with van der Waals surface area (Å²) in [5, 5.41) is 4.84. The molecule has 0 spiro atoms. The van der Waals surface area contributed by atoms with E-state index in [1.165, 1.54) is 0 Å². The van der Waals surface area contributed by atoms with Crippen LogP contribution in [-0.4, -0.2) is 20.0 Å². The van der Waals surface area contributed by atoms with Gasteiger partial charge < -0.3 is 0 Å². The molecule has 2 N–H and O–H groups in total. The Morgan fingerprint density at radius 1 is 1.58 bits per heavy atom. The SMILES string of the molecule is NS(=O)(=O)CC1C=CCC(=O)C1. The van der Waals surface area contributed by atoms with E-state index in [1.807, 2.05) is 0 Å². The van der Waals surface area contributed by atoms with Crippen molar-refractivity contribution in [3.8, 4) is 0 Å². The monoisotopic (exact) mass is 189 g/mol. The van der Waals surface area contributed by atoms with Crippen LogP contribution in [0.3, 0.4) is 0 Å². The van der Waals surface area contributed by atoms with Crippen molar-refractivity contribution in [2.45, 2.75) is 12.8 Å². The van der Waals surface area contributed by atoms with Gasteiger partial charge in [0.1, 0.15) is 5.78 Å². The van der Waals surface area contributed by atoms with E-state index in [2.05, 4.69) is 0 Å². The fourth-order valence-corrected chi connectivity index (χ4v) is 2.07. The van der Waals surface area contributed by atoms with Gasteiger partial charge in [-0.15, -0.1) is 0 Å². The van der Waals surface area contributed by atoms with Crippen molar-refractivity contribution in [3.05, 3.63) is 12.2 Å². The summed E-state index contributed by atoms with van der Waals surface area (Å²) in [6.07, 6.45) is 4.15. The van der Waals surface area contributed by atoms with Gasteiger partial charge in [-0.1, -0.05) is 12.2 Å². The van der Waals surface area contributed by atoms with Crippen LogP contribution < -0.4 is 5.14 Å². The molecular formula is C7H11NO3S. The number of rotatable bonds is 2. The van der Waals surface area contributed by atoms with E-state index in [4.69, 9.17) is 5.14 Å². The number of ketones is 1. The van der Waals surface area contributed by atoms with Crippen molar-refractivity contribution in [2.24, 2.45) is 11.1 Å². The molecule has 5 heteroatoms. The summed E-state index contributed by atoms with van der Waals surface area (Å²) in [4.78, 5) is 10.9. The molecule has 0 bridgehead atoms. The van der Waals surface area contributed by atoms with Crippen LogP contribution in [0.1, 0.15) is 12.8 Å². The average molecular weight is 189 g/mol. The summed E-state index contributed by atoms with van der Waals surface area (Å²) >= 11 is 0. The molecule has 1 atom stereocenters. The van der Waals surface area contributed by atoms with Crippen molar-refractivity contribution in [1.29, 1.82) is 0 Å². The zero-order chi connectivity index (χ0) is 9.19. The molecule has 1 aliphatic rings. The quantitative estimate of drug-likeness (QED) is 0.611. The summed E-state index contributed by atoms with van der Waals surface area (Å²) in [6.45, 7) is 0. The summed E-state index contributed by atoms with van der Waals surface area (Å²) in [6, 6.07) is 0. The Hall–Kier alpha value is -0.680. The van der Waals surface area contributed by atoms with Crippen LogP contribution in [0.2, 0.25) is 0 Å². The molecule has 0 saturated carbocycles. The molecule has 0 aromatic heterocycles. The Morgan fingerprint density at radius 3 is 2.75 bits per heavy atom. The zero-order valence-electron chi connectivity index (χ0n) is 6.56. The number of allylic oxidation sites excluding steroid dienone is 2. The van der Waals surface area contributed by atoms with Crippen molar-refractivity contribution >= 4 is 15.8 Å². The summed E-state index contributed by atoms with van der Waals surface area (Å²) in [7, 11) is -3.45. The molecule has 1 aliphatic carbocycles. The first-order chi connectivity index (χ1) is 5.47. The Labute approximate surface area is 71.5 Å². The molecule has 0 fully saturated rings. The predicted octanol–water partition coefficient (Wildman–Crippen LogP) is -0.190. The van der Waals surface area contributed by atoms with E-state index >= 15 is 0 Å². The fourth-order valence-electron chi connectivity index (χ4n) is 1.25. The van der Waals surface area contributed by atoms with Gasteiger partial charge in [0.05, 0.1) is 5.75 Å². The summed E-state index contributed by atoms with van der Waals surface area (Å²) in [5.74, 6) is -0.276. The molecule has 4 nitrogen and oxygen atoms in total. The van der Waals surface area contributed by atoms with Crippen molar-refractivity contribution in [2.75, 3.05) is 5.75 Å². The highest BCUT2D eigenvalue weighted by Crippen LogP contribution is 2.15. The maximum atomic E-state index is 10.9.